The normalized spacial score (nSPS) is 11.4. The molecule has 0 bridgehead atoms. The van der Waals surface area contributed by atoms with Crippen LogP contribution in [-0.4, -0.2) is 21.5 Å². The zero-order valence-electron chi connectivity index (χ0n) is 12.3. The van der Waals surface area contributed by atoms with Crippen molar-refractivity contribution in [1.82, 2.24) is 15.0 Å². The SMILES string of the molecule is CCNc1cc(Sc2ccncc2)nc(C(C)(C)C)n1. The molecule has 0 radical (unpaired) electrons. The zero-order chi connectivity index (χ0) is 14.6. The molecule has 2 rings (SSSR count). The standard InChI is InChI=1S/C15H20N4S/c1-5-17-12-10-13(19-14(18-12)15(2,3)4)20-11-6-8-16-9-7-11/h6-10H,5H2,1-4H3,(H,17,18,19). The molecule has 0 aliphatic carbocycles. The van der Waals surface area contributed by atoms with Crippen LogP contribution in [0.25, 0.3) is 0 Å². The van der Waals surface area contributed by atoms with Crippen molar-refractivity contribution in [3.63, 3.8) is 0 Å². The molecule has 0 aromatic carbocycles. The molecular weight excluding hydrogens is 268 g/mol. The summed E-state index contributed by atoms with van der Waals surface area (Å²) >= 11 is 1.63. The minimum absolute atomic E-state index is 0.0705. The van der Waals surface area contributed by atoms with Gasteiger partial charge in [0.2, 0.25) is 0 Å². The molecule has 0 fully saturated rings. The van der Waals surface area contributed by atoms with Gasteiger partial charge in [-0.2, -0.15) is 0 Å². The first-order valence-electron chi connectivity index (χ1n) is 6.70. The Labute approximate surface area is 124 Å². The predicted octanol–water partition coefficient (Wildman–Crippen LogP) is 3.75. The lowest BCUT2D eigenvalue weighted by Crippen LogP contribution is -2.17. The summed E-state index contributed by atoms with van der Waals surface area (Å²) < 4.78 is 0. The highest BCUT2D eigenvalue weighted by Crippen LogP contribution is 2.29. The monoisotopic (exact) mass is 288 g/mol. The first-order valence-corrected chi connectivity index (χ1v) is 7.52. The second kappa shape index (κ2) is 6.22. The number of hydrogen-bond acceptors (Lipinski definition) is 5. The lowest BCUT2D eigenvalue weighted by atomic mass is 9.96. The topological polar surface area (TPSA) is 50.7 Å². The highest BCUT2D eigenvalue weighted by molar-refractivity contribution is 7.99. The van der Waals surface area contributed by atoms with Crippen LogP contribution >= 0.6 is 11.8 Å². The molecule has 0 aliphatic heterocycles. The van der Waals surface area contributed by atoms with Crippen LogP contribution in [0.4, 0.5) is 5.82 Å². The number of aromatic nitrogens is 3. The van der Waals surface area contributed by atoms with Crippen LogP contribution in [-0.2, 0) is 5.41 Å². The van der Waals surface area contributed by atoms with Gasteiger partial charge < -0.3 is 5.32 Å². The Kier molecular flexibility index (Phi) is 4.60. The van der Waals surface area contributed by atoms with E-state index in [-0.39, 0.29) is 5.41 Å². The van der Waals surface area contributed by atoms with Crippen LogP contribution < -0.4 is 5.32 Å². The molecule has 0 unspecified atom stereocenters. The maximum Gasteiger partial charge on any atom is 0.137 e. The average Bonchev–Trinajstić information content (AvgIpc) is 2.39. The highest BCUT2D eigenvalue weighted by atomic mass is 32.2. The molecule has 2 heterocycles. The van der Waals surface area contributed by atoms with Crippen molar-refractivity contribution >= 4 is 17.6 Å². The summed E-state index contributed by atoms with van der Waals surface area (Å²) in [5, 5.41) is 4.22. The molecule has 0 atom stereocenters. The number of rotatable bonds is 4. The molecule has 2 aromatic heterocycles. The third-order valence-electron chi connectivity index (χ3n) is 2.60. The maximum atomic E-state index is 4.67. The number of nitrogens with zero attached hydrogens (tertiary/aromatic N) is 3. The van der Waals surface area contributed by atoms with Gasteiger partial charge in [0.1, 0.15) is 16.7 Å². The molecule has 106 valence electrons. The Hall–Kier alpha value is -1.62. The highest BCUT2D eigenvalue weighted by Gasteiger charge is 2.19. The Balaban J connectivity index is 2.34. The van der Waals surface area contributed by atoms with Crippen molar-refractivity contribution in [1.29, 1.82) is 0 Å². The van der Waals surface area contributed by atoms with Gasteiger partial charge in [-0.3, -0.25) is 4.98 Å². The van der Waals surface area contributed by atoms with E-state index in [0.29, 0.717) is 0 Å². The van der Waals surface area contributed by atoms with E-state index in [2.05, 4.69) is 48.0 Å². The van der Waals surface area contributed by atoms with Gasteiger partial charge in [0.05, 0.1) is 0 Å². The lowest BCUT2D eigenvalue weighted by Gasteiger charge is -2.18. The average molecular weight is 288 g/mol. The quantitative estimate of drug-likeness (QED) is 0.868. The summed E-state index contributed by atoms with van der Waals surface area (Å²) in [7, 11) is 0. The smallest absolute Gasteiger partial charge is 0.137 e. The number of hydrogen-bond donors (Lipinski definition) is 1. The van der Waals surface area contributed by atoms with E-state index in [4.69, 9.17) is 0 Å². The Morgan fingerprint density at radius 2 is 1.85 bits per heavy atom. The van der Waals surface area contributed by atoms with Crippen LogP contribution in [0.5, 0.6) is 0 Å². The summed E-state index contributed by atoms with van der Waals surface area (Å²) in [5.41, 5.74) is -0.0705. The van der Waals surface area contributed by atoms with Gasteiger partial charge >= 0.3 is 0 Å². The molecule has 0 spiro atoms. The fourth-order valence-electron chi connectivity index (χ4n) is 1.61. The molecule has 5 heteroatoms. The lowest BCUT2D eigenvalue weighted by molar-refractivity contribution is 0.539. The third kappa shape index (κ3) is 3.93. The van der Waals surface area contributed by atoms with Gasteiger partial charge in [0.25, 0.3) is 0 Å². The summed E-state index contributed by atoms with van der Waals surface area (Å²) in [6, 6.07) is 5.96. The molecule has 4 nitrogen and oxygen atoms in total. The van der Waals surface area contributed by atoms with Crippen LogP contribution in [0.1, 0.15) is 33.5 Å². The first-order chi connectivity index (χ1) is 9.49. The minimum atomic E-state index is -0.0705. The van der Waals surface area contributed by atoms with Crippen LogP contribution in [0.2, 0.25) is 0 Å². The Morgan fingerprint density at radius 1 is 1.15 bits per heavy atom. The predicted molar refractivity (Wildman–Crippen MR) is 83.3 cm³/mol. The van der Waals surface area contributed by atoms with Crippen molar-refractivity contribution in [3.8, 4) is 0 Å². The van der Waals surface area contributed by atoms with E-state index in [1.54, 1.807) is 24.2 Å². The Bertz CT molecular complexity index is 564. The number of anilines is 1. The van der Waals surface area contributed by atoms with Crippen molar-refractivity contribution in [2.75, 3.05) is 11.9 Å². The number of nitrogens with one attached hydrogen (secondary N) is 1. The third-order valence-corrected chi connectivity index (χ3v) is 3.53. The van der Waals surface area contributed by atoms with Gasteiger partial charge in [0, 0.05) is 35.3 Å². The van der Waals surface area contributed by atoms with Gasteiger partial charge in [-0.05, 0) is 19.1 Å². The van der Waals surface area contributed by atoms with Crippen molar-refractivity contribution < 1.29 is 0 Å². The molecule has 1 N–H and O–H groups in total. The van der Waals surface area contributed by atoms with Crippen LogP contribution in [0, 0.1) is 0 Å². The molecule has 20 heavy (non-hydrogen) atoms. The zero-order valence-corrected chi connectivity index (χ0v) is 13.2. The largest absolute Gasteiger partial charge is 0.370 e. The summed E-state index contributed by atoms with van der Waals surface area (Å²) in [4.78, 5) is 14.4. The fourth-order valence-corrected chi connectivity index (χ4v) is 2.41. The number of pyridine rings is 1. The van der Waals surface area contributed by atoms with Crippen molar-refractivity contribution in [2.24, 2.45) is 0 Å². The Morgan fingerprint density at radius 3 is 2.45 bits per heavy atom. The van der Waals surface area contributed by atoms with Gasteiger partial charge in [0.15, 0.2) is 0 Å². The second-order valence-electron chi connectivity index (χ2n) is 5.48. The van der Waals surface area contributed by atoms with E-state index >= 15 is 0 Å². The first kappa shape index (κ1) is 14.8. The molecule has 0 amide bonds. The van der Waals surface area contributed by atoms with Crippen molar-refractivity contribution in [2.45, 2.75) is 43.0 Å². The molecule has 0 aliphatic rings. The second-order valence-corrected chi connectivity index (χ2v) is 6.57. The summed E-state index contributed by atoms with van der Waals surface area (Å²) in [6.07, 6.45) is 3.58. The molecule has 0 saturated carbocycles. The maximum absolute atomic E-state index is 4.67. The summed E-state index contributed by atoms with van der Waals surface area (Å²) in [5.74, 6) is 1.73. The van der Waals surface area contributed by atoms with Crippen LogP contribution in [0.15, 0.2) is 40.5 Å². The van der Waals surface area contributed by atoms with E-state index in [0.717, 1.165) is 28.1 Å². The van der Waals surface area contributed by atoms with E-state index in [1.165, 1.54) is 0 Å². The van der Waals surface area contributed by atoms with E-state index in [1.807, 2.05) is 18.2 Å². The van der Waals surface area contributed by atoms with Crippen LogP contribution in [0.3, 0.4) is 0 Å². The molecular formula is C15H20N4S. The fraction of sp³-hybridized carbons (Fsp3) is 0.400. The van der Waals surface area contributed by atoms with E-state index < -0.39 is 0 Å². The van der Waals surface area contributed by atoms with Gasteiger partial charge in [-0.15, -0.1) is 0 Å². The molecule has 0 saturated heterocycles. The molecule has 2 aromatic rings. The van der Waals surface area contributed by atoms with E-state index in [9.17, 15) is 0 Å². The van der Waals surface area contributed by atoms with Crippen molar-refractivity contribution in [3.05, 3.63) is 36.4 Å². The summed E-state index contributed by atoms with van der Waals surface area (Å²) in [6.45, 7) is 9.28. The van der Waals surface area contributed by atoms with Gasteiger partial charge in [-0.1, -0.05) is 32.5 Å². The minimum Gasteiger partial charge on any atom is -0.370 e. The van der Waals surface area contributed by atoms with Gasteiger partial charge in [-0.25, -0.2) is 9.97 Å².